The maximum Gasteiger partial charge on any atom is 0.199 e. The number of sulfone groups is 1. The smallest absolute Gasteiger partial charge is 0.199 e. The van der Waals surface area contributed by atoms with Gasteiger partial charge in [-0.15, -0.1) is 11.6 Å². The fourth-order valence-electron chi connectivity index (χ4n) is 2.05. The Balaban J connectivity index is 2.05. The molecule has 8 heteroatoms. The number of hydrogen-bond acceptors (Lipinski definition) is 6. The summed E-state index contributed by atoms with van der Waals surface area (Å²) in [6.45, 7) is 2.60. The van der Waals surface area contributed by atoms with E-state index in [1.807, 2.05) is 0 Å². The molecule has 0 bridgehead atoms. The van der Waals surface area contributed by atoms with Crippen molar-refractivity contribution >= 4 is 26.5 Å². The van der Waals surface area contributed by atoms with Gasteiger partial charge in [0.05, 0.1) is 18.2 Å². The minimum atomic E-state index is -3.55. The summed E-state index contributed by atoms with van der Waals surface area (Å²) in [7, 11) is -1.96. The van der Waals surface area contributed by atoms with Crippen LogP contribution >= 0.6 is 11.6 Å². The molecule has 0 saturated heterocycles. The average Bonchev–Trinajstić information content (AvgIpc) is 2.92. The van der Waals surface area contributed by atoms with Crippen LogP contribution in [0.1, 0.15) is 18.9 Å². The zero-order valence-corrected chi connectivity index (χ0v) is 14.7. The van der Waals surface area contributed by atoms with E-state index in [-0.39, 0.29) is 23.1 Å². The third-order valence-electron chi connectivity index (χ3n) is 3.35. The Hall–Kier alpha value is -1.31. The first-order valence-electron chi connectivity index (χ1n) is 7.13. The monoisotopic (exact) mass is 361 g/mol. The molecule has 1 aromatic carbocycles. The fraction of sp³-hybridized carbons (Fsp3) is 0.533. The van der Waals surface area contributed by atoms with Crippen molar-refractivity contribution in [1.29, 1.82) is 0 Å². The zero-order valence-electron chi connectivity index (χ0n) is 13.1. The van der Waals surface area contributed by atoms with E-state index in [0.29, 0.717) is 24.5 Å². The van der Waals surface area contributed by atoms with E-state index < -0.39 is 15.4 Å². The lowest BCUT2D eigenvalue weighted by Crippen LogP contribution is -2.28. The molecule has 1 aliphatic rings. The van der Waals surface area contributed by atoms with Gasteiger partial charge < -0.3 is 14.3 Å². The van der Waals surface area contributed by atoms with Crippen molar-refractivity contribution in [3.8, 4) is 5.75 Å². The van der Waals surface area contributed by atoms with E-state index >= 15 is 0 Å². The number of oxime groups is 1. The van der Waals surface area contributed by atoms with Gasteiger partial charge in [0.15, 0.2) is 20.5 Å². The summed E-state index contributed by atoms with van der Waals surface area (Å²) in [5.41, 5.74) is -0.128. The first-order chi connectivity index (χ1) is 10.9. The molecular weight excluding hydrogens is 342 g/mol. The summed E-state index contributed by atoms with van der Waals surface area (Å²) in [4.78, 5) is 5.15. The molecule has 1 atom stereocenters. The number of rotatable bonds is 7. The molecule has 1 unspecified atom stereocenters. The van der Waals surface area contributed by atoms with Gasteiger partial charge in [-0.05, 0) is 24.6 Å². The minimum absolute atomic E-state index is 0.0337. The molecule has 0 aliphatic carbocycles. The van der Waals surface area contributed by atoms with Crippen molar-refractivity contribution in [2.24, 2.45) is 5.16 Å². The lowest BCUT2D eigenvalue weighted by atomic mass is 10.1. The normalized spacial score (nSPS) is 20.9. The second-order valence-corrected chi connectivity index (χ2v) is 7.84. The molecule has 2 rings (SSSR count). The van der Waals surface area contributed by atoms with Gasteiger partial charge in [0.25, 0.3) is 0 Å². The van der Waals surface area contributed by atoms with Crippen molar-refractivity contribution in [2.75, 3.05) is 26.2 Å². The molecule has 0 saturated carbocycles. The molecule has 0 fully saturated rings. The molecule has 1 aromatic rings. The van der Waals surface area contributed by atoms with E-state index in [1.54, 1.807) is 38.3 Å². The standard InChI is InChI=1S/C15H20ClNO5S/c1-15(11-16)9-14(17-22-15)23(18,19)10-12-4-3-5-13(8-12)21-7-6-20-2/h3-5,8H,6-7,9-11H2,1-2H3. The largest absolute Gasteiger partial charge is 0.491 e. The molecule has 23 heavy (non-hydrogen) atoms. The lowest BCUT2D eigenvalue weighted by Gasteiger charge is -2.16. The highest BCUT2D eigenvalue weighted by Gasteiger charge is 2.39. The minimum Gasteiger partial charge on any atom is -0.491 e. The average molecular weight is 362 g/mol. The molecule has 1 heterocycles. The summed E-state index contributed by atoms with van der Waals surface area (Å²) in [5, 5.41) is 3.74. The summed E-state index contributed by atoms with van der Waals surface area (Å²) in [6.07, 6.45) is 0.183. The maximum atomic E-state index is 12.5. The van der Waals surface area contributed by atoms with Crippen LogP contribution in [0, 0.1) is 0 Å². The quantitative estimate of drug-likeness (QED) is 0.550. The number of ether oxygens (including phenoxy) is 2. The number of methoxy groups -OCH3 is 1. The lowest BCUT2D eigenvalue weighted by molar-refractivity contribution is 0.0152. The molecule has 0 radical (unpaired) electrons. The summed E-state index contributed by atoms with van der Waals surface area (Å²) < 4.78 is 35.3. The molecule has 0 amide bonds. The number of halogens is 1. The number of nitrogens with zero attached hydrogens (tertiary/aromatic N) is 1. The predicted molar refractivity (Wildman–Crippen MR) is 88.7 cm³/mol. The Morgan fingerprint density at radius 3 is 2.83 bits per heavy atom. The Bertz CT molecular complexity index is 676. The highest BCUT2D eigenvalue weighted by molar-refractivity contribution is 8.05. The Morgan fingerprint density at radius 1 is 1.39 bits per heavy atom. The molecule has 1 aliphatic heterocycles. The van der Waals surface area contributed by atoms with Gasteiger partial charge in [0, 0.05) is 13.5 Å². The van der Waals surface area contributed by atoms with E-state index in [1.165, 1.54) is 0 Å². The maximum absolute atomic E-state index is 12.5. The molecular formula is C15H20ClNO5S. The van der Waals surface area contributed by atoms with Crippen molar-refractivity contribution in [1.82, 2.24) is 0 Å². The SMILES string of the molecule is COCCOc1cccc(CS(=O)(=O)C2=NOC(C)(CCl)C2)c1. The van der Waals surface area contributed by atoms with Gasteiger partial charge in [0.2, 0.25) is 0 Å². The highest BCUT2D eigenvalue weighted by Crippen LogP contribution is 2.28. The Labute approximate surface area is 141 Å². The summed E-state index contributed by atoms with van der Waals surface area (Å²) in [6, 6.07) is 6.96. The van der Waals surface area contributed by atoms with Crippen LogP contribution in [0.2, 0.25) is 0 Å². The van der Waals surface area contributed by atoms with Crippen LogP contribution in [0.15, 0.2) is 29.4 Å². The van der Waals surface area contributed by atoms with E-state index in [2.05, 4.69) is 5.16 Å². The zero-order chi connectivity index (χ0) is 16.9. The van der Waals surface area contributed by atoms with Crippen LogP contribution < -0.4 is 4.74 Å². The van der Waals surface area contributed by atoms with Crippen molar-refractivity contribution < 1.29 is 22.7 Å². The van der Waals surface area contributed by atoms with Crippen LogP contribution in [0.5, 0.6) is 5.75 Å². The van der Waals surface area contributed by atoms with Gasteiger partial charge >= 0.3 is 0 Å². The fourth-order valence-corrected chi connectivity index (χ4v) is 3.66. The molecule has 0 N–H and O–H groups in total. The van der Waals surface area contributed by atoms with Gasteiger partial charge in [-0.2, -0.15) is 0 Å². The number of hydrogen-bond donors (Lipinski definition) is 0. The highest BCUT2D eigenvalue weighted by atomic mass is 35.5. The number of benzene rings is 1. The Kier molecular flexibility index (Phi) is 5.89. The van der Waals surface area contributed by atoms with Gasteiger partial charge in [-0.1, -0.05) is 17.3 Å². The van der Waals surface area contributed by atoms with E-state index in [4.69, 9.17) is 25.9 Å². The van der Waals surface area contributed by atoms with Gasteiger partial charge in [-0.25, -0.2) is 8.42 Å². The Morgan fingerprint density at radius 2 is 2.17 bits per heavy atom. The van der Waals surface area contributed by atoms with Crippen molar-refractivity contribution in [2.45, 2.75) is 24.7 Å². The van der Waals surface area contributed by atoms with E-state index in [0.717, 1.165) is 0 Å². The van der Waals surface area contributed by atoms with Crippen LogP contribution in [-0.4, -0.2) is 45.3 Å². The summed E-state index contributed by atoms with van der Waals surface area (Å²) in [5.74, 6) is 0.623. The van der Waals surface area contributed by atoms with Gasteiger partial charge in [0.1, 0.15) is 12.4 Å². The second-order valence-electron chi connectivity index (χ2n) is 5.58. The first kappa shape index (κ1) is 18.0. The number of alkyl halides is 1. The predicted octanol–water partition coefficient (Wildman–Crippen LogP) is 2.36. The van der Waals surface area contributed by atoms with Gasteiger partial charge in [-0.3, -0.25) is 0 Å². The van der Waals surface area contributed by atoms with Crippen LogP contribution in [-0.2, 0) is 25.2 Å². The van der Waals surface area contributed by atoms with Crippen LogP contribution in [0.4, 0.5) is 0 Å². The van der Waals surface area contributed by atoms with Crippen LogP contribution in [0.25, 0.3) is 0 Å². The van der Waals surface area contributed by atoms with Crippen molar-refractivity contribution in [3.63, 3.8) is 0 Å². The molecule has 128 valence electrons. The third kappa shape index (κ3) is 4.83. The second kappa shape index (κ2) is 7.51. The third-order valence-corrected chi connectivity index (χ3v) is 5.56. The topological polar surface area (TPSA) is 74.2 Å². The molecule has 0 aromatic heterocycles. The first-order valence-corrected chi connectivity index (χ1v) is 9.32. The van der Waals surface area contributed by atoms with Crippen LogP contribution in [0.3, 0.4) is 0 Å². The summed E-state index contributed by atoms with van der Waals surface area (Å²) >= 11 is 5.79. The van der Waals surface area contributed by atoms with E-state index in [9.17, 15) is 8.42 Å². The van der Waals surface area contributed by atoms with Crippen molar-refractivity contribution in [3.05, 3.63) is 29.8 Å². The molecule has 6 nitrogen and oxygen atoms in total. The molecule has 0 spiro atoms.